The number of carboxylic acid groups (broad SMARTS) is 1. The number of hydrogen-bond acceptors (Lipinski definition) is 4. The summed E-state index contributed by atoms with van der Waals surface area (Å²) >= 11 is 5.92. The minimum Gasteiger partial charge on any atom is -0.480 e. The quantitative estimate of drug-likeness (QED) is 0.363. The van der Waals surface area contributed by atoms with Crippen LogP contribution in [0.5, 0.6) is 0 Å². The largest absolute Gasteiger partial charge is 0.480 e. The Bertz CT molecular complexity index is 1520. The van der Waals surface area contributed by atoms with E-state index < -0.39 is 29.3 Å². The van der Waals surface area contributed by atoms with Gasteiger partial charge in [-0.1, -0.05) is 29.8 Å². The molecule has 8 nitrogen and oxygen atoms in total. The standard InChI is InChI=1S/C27H26ClFN4O4/c1-31(2)18-12-14-22-23(15-18)32(3)27(37)33(22)17-10-7-16(8-11-17)9-13-21(26(35)36)30-25(34)24-19(28)5-4-6-20(24)29/h4-8,10-12,14-15,21H,9,13H2,1-3H3,(H,30,34)(H,35,36)/t21-/m0/s1. The molecule has 192 valence electrons. The average molecular weight is 525 g/mol. The van der Waals surface area contributed by atoms with E-state index in [9.17, 15) is 23.9 Å². The van der Waals surface area contributed by atoms with Gasteiger partial charge >= 0.3 is 11.7 Å². The Kier molecular flexibility index (Phi) is 7.35. The molecule has 0 unspecified atom stereocenters. The molecule has 1 aromatic heterocycles. The molecular weight excluding hydrogens is 499 g/mol. The summed E-state index contributed by atoms with van der Waals surface area (Å²) in [6.07, 6.45) is 0.410. The number of anilines is 1. The summed E-state index contributed by atoms with van der Waals surface area (Å²) in [5.41, 5.74) is 3.47. The molecule has 2 N–H and O–H groups in total. The zero-order valence-corrected chi connectivity index (χ0v) is 21.3. The van der Waals surface area contributed by atoms with Crippen LogP contribution in [-0.2, 0) is 18.3 Å². The maximum atomic E-state index is 14.0. The van der Waals surface area contributed by atoms with Crippen LogP contribution in [0, 0.1) is 5.82 Å². The number of aromatic nitrogens is 2. The third-order valence-corrected chi connectivity index (χ3v) is 6.58. The van der Waals surface area contributed by atoms with Gasteiger partial charge in [-0.15, -0.1) is 0 Å². The zero-order chi connectivity index (χ0) is 26.9. The van der Waals surface area contributed by atoms with Crippen LogP contribution in [0.25, 0.3) is 16.7 Å². The highest BCUT2D eigenvalue weighted by Crippen LogP contribution is 2.23. The Labute approximate surface area is 217 Å². The van der Waals surface area contributed by atoms with E-state index in [0.29, 0.717) is 12.1 Å². The summed E-state index contributed by atoms with van der Waals surface area (Å²) < 4.78 is 17.3. The number of rotatable bonds is 8. The molecule has 0 spiro atoms. The van der Waals surface area contributed by atoms with E-state index in [4.69, 9.17) is 11.6 Å². The number of carbonyl (C=O) groups excluding carboxylic acids is 1. The summed E-state index contributed by atoms with van der Waals surface area (Å²) in [5, 5.41) is 11.8. The highest BCUT2D eigenvalue weighted by Gasteiger charge is 2.24. The summed E-state index contributed by atoms with van der Waals surface area (Å²) in [5.74, 6) is -2.96. The van der Waals surface area contributed by atoms with E-state index in [1.54, 1.807) is 28.3 Å². The van der Waals surface area contributed by atoms with Crippen molar-refractivity contribution in [2.24, 2.45) is 7.05 Å². The minimum absolute atomic E-state index is 0.0774. The average Bonchev–Trinajstić information content (AvgIpc) is 3.11. The number of fused-ring (bicyclic) bond motifs is 1. The first kappa shape index (κ1) is 26.0. The molecule has 1 atom stereocenters. The van der Waals surface area contributed by atoms with Gasteiger partial charge in [0.25, 0.3) is 5.91 Å². The van der Waals surface area contributed by atoms with Crippen LogP contribution in [-0.4, -0.2) is 46.3 Å². The van der Waals surface area contributed by atoms with Crippen molar-refractivity contribution in [3.8, 4) is 5.69 Å². The second kappa shape index (κ2) is 10.5. The second-order valence-electron chi connectivity index (χ2n) is 8.91. The molecule has 0 saturated heterocycles. The molecule has 0 aliphatic rings. The van der Waals surface area contributed by atoms with E-state index in [0.717, 1.165) is 28.4 Å². The van der Waals surface area contributed by atoms with E-state index in [1.165, 1.54) is 12.1 Å². The van der Waals surface area contributed by atoms with Crippen molar-refractivity contribution >= 4 is 40.2 Å². The van der Waals surface area contributed by atoms with Crippen molar-refractivity contribution in [3.63, 3.8) is 0 Å². The van der Waals surface area contributed by atoms with Crippen LogP contribution in [0.1, 0.15) is 22.3 Å². The Hall–Kier alpha value is -4.11. The van der Waals surface area contributed by atoms with Crippen LogP contribution in [0.4, 0.5) is 10.1 Å². The van der Waals surface area contributed by atoms with Crippen LogP contribution >= 0.6 is 11.6 Å². The third-order valence-electron chi connectivity index (χ3n) is 6.27. The number of imidazole rings is 1. The lowest BCUT2D eigenvalue weighted by molar-refractivity contribution is -0.139. The summed E-state index contributed by atoms with van der Waals surface area (Å²) in [6.45, 7) is 0. The van der Waals surface area contributed by atoms with E-state index in [2.05, 4.69) is 5.32 Å². The van der Waals surface area contributed by atoms with E-state index in [1.807, 2.05) is 49.3 Å². The van der Waals surface area contributed by atoms with Gasteiger partial charge in [0, 0.05) is 26.8 Å². The zero-order valence-electron chi connectivity index (χ0n) is 20.5. The number of hydrogen-bond donors (Lipinski definition) is 2. The lowest BCUT2D eigenvalue weighted by Crippen LogP contribution is -2.41. The molecule has 37 heavy (non-hydrogen) atoms. The van der Waals surface area contributed by atoms with Crippen LogP contribution in [0.2, 0.25) is 5.02 Å². The molecule has 0 fully saturated rings. The third kappa shape index (κ3) is 5.22. The van der Waals surface area contributed by atoms with Gasteiger partial charge < -0.3 is 15.3 Å². The van der Waals surface area contributed by atoms with Gasteiger partial charge in [0.2, 0.25) is 0 Å². The maximum absolute atomic E-state index is 14.0. The van der Waals surface area contributed by atoms with Gasteiger partial charge in [-0.25, -0.2) is 14.0 Å². The van der Waals surface area contributed by atoms with Crippen LogP contribution < -0.4 is 15.9 Å². The Morgan fingerprint density at radius 3 is 2.41 bits per heavy atom. The number of carboxylic acids is 1. The van der Waals surface area contributed by atoms with E-state index >= 15 is 0 Å². The van der Waals surface area contributed by atoms with Gasteiger partial charge in [0.15, 0.2) is 0 Å². The lowest BCUT2D eigenvalue weighted by atomic mass is 10.0. The number of aliphatic carboxylic acids is 1. The number of carbonyl (C=O) groups is 2. The highest BCUT2D eigenvalue weighted by atomic mass is 35.5. The van der Waals surface area contributed by atoms with Crippen molar-refractivity contribution in [1.82, 2.24) is 14.5 Å². The summed E-state index contributed by atoms with van der Waals surface area (Å²) in [7, 11) is 5.60. The second-order valence-corrected chi connectivity index (χ2v) is 9.32. The molecule has 0 aliphatic carbocycles. The van der Waals surface area contributed by atoms with Gasteiger partial charge in [-0.2, -0.15) is 0 Å². The maximum Gasteiger partial charge on any atom is 0.333 e. The molecule has 3 aromatic carbocycles. The predicted octanol–water partition coefficient (Wildman–Crippen LogP) is 4.00. The summed E-state index contributed by atoms with van der Waals surface area (Å²) in [4.78, 5) is 39.2. The molecule has 1 amide bonds. The first-order valence-electron chi connectivity index (χ1n) is 11.5. The molecular formula is C27H26ClFN4O4. The molecule has 4 aromatic rings. The molecule has 4 rings (SSSR count). The SMILES string of the molecule is CN(C)c1ccc2c(c1)n(C)c(=O)n2-c1ccc(CC[C@H](NC(=O)c2c(F)cccc2Cl)C(=O)O)cc1. The fourth-order valence-corrected chi connectivity index (χ4v) is 4.43. The first-order valence-corrected chi connectivity index (χ1v) is 11.9. The Morgan fingerprint density at radius 2 is 1.78 bits per heavy atom. The Morgan fingerprint density at radius 1 is 1.08 bits per heavy atom. The van der Waals surface area contributed by atoms with Crippen molar-refractivity contribution in [3.05, 3.63) is 93.1 Å². The number of nitrogens with zero attached hydrogens (tertiary/aromatic N) is 3. The molecule has 0 saturated carbocycles. The van der Waals surface area contributed by atoms with E-state index in [-0.39, 0.29) is 17.1 Å². The molecule has 0 radical (unpaired) electrons. The fourth-order valence-electron chi connectivity index (χ4n) is 4.18. The number of nitrogens with one attached hydrogen (secondary N) is 1. The topological polar surface area (TPSA) is 96.6 Å². The number of amides is 1. The number of aryl methyl sites for hydroxylation is 2. The number of halogens is 2. The van der Waals surface area contributed by atoms with Crippen molar-refractivity contribution in [2.75, 3.05) is 19.0 Å². The number of benzene rings is 3. The highest BCUT2D eigenvalue weighted by molar-refractivity contribution is 6.33. The monoisotopic (exact) mass is 524 g/mol. The van der Waals surface area contributed by atoms with Gasteiger partial charge in [-0.05, 0) is 60.9 Å². The minimum atomic E-state index is -1.24. The molecule has 0 aliphatic heterocycles. The van der Waals surface area contributed by atoms with Crippen molar-refractivity contribution in [1.29, 1.82) is 0 Å². The van der Waals surface area contributed by atoms with Gasteiger partial charge in [-0.3, -0.25) is 13.9 Å². The van der Waals surface area contributed by atoms with Crippen molar-refractivity contribution < 1.29 is 19.1 Å². The molecule has 1 heterocycles. The molecule has 10 heteroatoms. The van der Waals surface area contributed by atoms with Gasteiger partial charge in [0.1, 0.15) is 11.9 Å². The fraction of sp³-hybridized carbons (Fsp3) is 0.222. The normalized spacial score (nSPS) is 11.9. The van der Waals surface area contributed by atoms with Crippen molar-refractivity contribution in [2.45, 2.75) is 18.9 Å². The predicted molar refractivity (Wildman–Crippen MR) is 141 cm³/mol. The van der Waals surface area contributed by atoms with Crippen LogP contribution in [0.15, 0.2) is 65.5 Å². The van der Waals surface area contributed by atoms with Crippen LogP contribution in [0.3, 0.4) is 0 Å². The smallest absolute Gasteiger partial charge is 0.333 e. The first-order chi connectivity index (χ1) is 17.6. The lowest BCUT2D eigenvalue weighted by Gasteiger charge is -2.15. The van der Waals surface area contributed by atoms with Gasteiger partial charge in [0.05, 0.1) is 27.3 Å². The Balaban J connectivity index is 1.51. The summed E-state index contributed by atoms with van der Waals surface area (Å²) in [6, 6.07) is 15.6. The molecule has 0 bridgehead atoms.